The van der Waals surface area contributed by atoms with Gasteiger partial charge in [-0.3, -0.25) is 9.78 Å². The summed E-state index contributed by atoms with van der Waals surface area (Å²) in [6.45, 7) is 3.70. The molecule has 2 aromatic heterocycles. The van der Waals surface area contributed by atoms with Crippen molar-refractivity contribution in [1.29, 1.82) is 0 Å². The largest absolute Gasteiger partial charge is 0.378 e. The van der Waals surface area contributed by atoms with Crippen LogP contribution in [0.4, 0.5) is 0 Å². The Morgan fingerprint density at radius 2 is 1.81 bits per heavy atom. The third-order valence-electron chi connectivity index (χ3n) is 3.86. The summed E-state index contributed by atoms with van der Waals surface area (Å²) in [5.74, 6) is -0.0251. The molecule has 8 heteroatoms. The van der Waals surface area contributed by atoms with E-state index >= 15 is 0 Å². The molecular formula is C19H19N3O4S. The van der Waals surface area contributed by atoms with E-state index in [2.05, 4.69) is 9.97 Å². The van der Waals surface area contributed by atoms with Gasteiger partial charge in [0.15, 0.2) is 17.1 Å². The number of imidazole rings is 1. The van der Waals surface area contributed by atoms with Gasteiger partial charge in [-0.25, -0.2) is 4.98 Å². The molecule has 0 bridgehead atoms. The van der Waals surface area contributed by atoms with Crippen molar-refractivity contribution < 1.29 is 17.4 Å². The number of aromatic nitrogens is 3. The van der Waals surface area contributed by atoms with Crippen molar-refractivity contribution in [2.75, 3.05) is 0 Å². The van der Waals surface area contributed by atoms with Crippen LogP contribution in [0, 0.1) is 0 Å². The van der Waals surface area contributed by atoms with E-state index in [9.17, 15) is 13.2 Å². The maximum absolute atomic E-state index is 13.0. The maximum atomic E-state index is 13.0. The molecule has 0 unspecified atom stereocenters. The second-order valence-corrected chi connectivity index (χ2v) is 7.65. The molecular weight excluding hydrogens is 366 g/mol. The fourth-order valence-electron chi connectivity index (χ4n) is 2.65. The molecule has 0 aliphatic heterocycles. The van der Waals surface area contributed by atoms with Gasteiger partial charge in [0.1, 0.15) is 5.75 Å². The SMILES string of the molecule is CC(C)c1nc(C=O)n(Cc2ccccn2)c1S(=O)(=O)Oc1ccccc1. The molecule has 0 aliphatic carbocycles. The van der Waals surface area contributed by atoms with Gasteiger partial charge >= 0.3 is 10.1 Å². The minimum atomic E-state index is -4.22. The highest BCUT2D eigenvalue weighted by atomic mass is 32.2. The molecule has 7 nitrogen and oxygen atoms in total. The zero-order valence-corrected chi connectivity index (χ0v) is 15.8. The lowest BCUT2D eigenvalue weighted by molar-refractivity contribution is 0.111. The van der Waals surface area contributed by atoms with Gasteiger partial charge in [-0.05, 0) is 30.2 Å². The van der Waals surface area contributed by atoms with E-state index in [4.69, 9.17) is 4.18 Å². The lowest BCUT2D eigenvalue weighted by Gasteiger charge is -2.13. The Morgan fingerprint density at radius 3 is 2.41 bits per heavy atom. The predicted octanol–water partition coefficient (Wildman–Crippen LogP) is 3.03. The number of carbonyl (C=O) groups is 1. The number of carbonyl (C=O) groups excluding carboxylic acids is 1. The number of rotatable bonds is 7. The van der Waals surface area contributed by atoms with E-state index in [0.29, 0.717) is 12.0 Å². The van der Waals surface area contributed by atoms with E-state index in [1.54, 1.807) is 54.7 Å². The van der Waals surface area contributed by atoms with Gasteiger partial charge in [0.25, 0.3) is 0 Å². The molecule has 3 rings (SSSR count). The fourth-order valence-corrected chi connectivity index (χ4v) is 4.06. The smallest absolute Gasteiger partial charge is 0.357 e. The van der Waals surface area contributed by atoms with Crippen molar-refractivity contribution >= 4 is 16.4 Å². The second-order valence-electron chi connectivity index (χ2n) is 6.19. The number of hydrogen-bond acceptors (Lipinski definition) is 6. The van der Waals surface area contributed by atoms with Crippen LogP contribution in [0.25, 0.3) is 0 Å². The Balaban J connectivity index is 2.14. The predicted molar refractivity (Wildman–Crippen MR) is 99.3 cm³/mol. The highest BCUT2D eigenvalue weighted by molar-refractivity contribution is 7.87. The van der Waals surface area contributed by atoms with Crippen LogP contribution in [0.15, 0.2) is 59.8 Å². The maximum Gasteiger partial charge on any atom is 0.357 e. The van der Waals surface area contributed by atoms with E-state index in [1.165, 1.54) is 4.57 Å². The van der Waals surface area contributed by atoms with Gasteiger partial charge in [-0.15, -0.1) is 0 Å². The topological polar surface area (TPSA) is 91.1 Å². The Hall–Kier alpha value is -3.00. The number of hydrogen-bond donors (Lipinski definition) is 0. The molecule has 0 N–H and O–H groups in total. The van der Waals surface area contributed by atoms with Crippen LogP contribution in [-0.2, 0) is 16.7 Å². The van der Waals surface area contributed by atoms with Crippen LogP contribution >= 0.6 is 0 Å². The number of para-hydroxylation sites is 1. The first-order valence-electron chi connectivity index (χ1n) is 8.37. The molecule has 0 saturated heterocycles. The van der Waals surface area contributed by atoms with Crippen LogP contribution in [0.1, 0.15) is 41.8 Å². The zero-order valence-electron chi connectivity index (χ0n) is 14.9. The van der Waals surface area contributed by atoms with E-state index in [-0.39, 0.29) is 34.8 Å². The number of nitrogens with zero attached hydrogens (tertiary/aromatic N) is 3. The normalized spacial score (nSPS) is 11.5. The van der Waals surface area contributed by atoms with Crippen molar-refractivity contribution in [3.63, 3.8) is 0 Å². The third-order valence-corrected chi connectivity index (χ3v) is 5.18. The lowest BCUT2D eigenvalue weighted by atomic mass is 10.1. The van der Waals surface area contributed by atoms with Gasteiger partial charge in [-0.2, -0.15) is 8.42 Å². The average molecular weight is 385 g/mol. The Kier molecular flexibility index (Phi) is 5.36. The third kappa shape index (κ3) is 4.06. The van der Waals surface area contributed by atoms with Crippen LogP contribution in [0.3, 0.4) is 0 Å². The standard InChI is InChI=1S/C19H19N3O4S/c1-14(2)18-19(27(24,25)26-16-9-4-3-5-10-16)22(17(13-23)21-18)12-15-8-6-7-11-20-15/h3-11,13-14H,12H2,1-2H3. The van der Waals surface area contributed by atoms with Crippen molar-refractivity contribution in [3.05, 3.63) is 71.9 Å². The molecule has 0 saturated carbocycles. The van der Waals surface area contributed by atoms with Crippen LogP contribution in [0.5, 0.6) is 5.75 Å². The summed E-state index contributed by atoms with van der Waals surface area (Å²) < 4.78 is 32.7. The highest BCUT2D eigenvalue weighted by Crippen LogP contribution is 2.28. The molecule has 140 valence electrons. The van der Waals surface area contributed by atoms with Gasteiger partial charge in [0.2, 0.25) is 0 Å². The van der Waals surface area contributed by atoms with Gasteiger partial charge < -0.3 is 8.75 Å². The molecule has 0 radical (unpaired) electrons. The molecule has 0 aliphatic rings. The first kappa shape index (κ1) is 18.8. The van der Waals surface area contributed by atoms with E-state index in [1.807, 2.05) is 13.8 Å². The molecule has 2 heterocycles. The summed E-state index contributed by atoms with van der Waals surface area (Å²) >= 11 is 0. The summed E-state index contributed by atoms with van der Waals surface area (Å²) in [5, 5.41) is -0.130. The first-order valence-corrected chi connectivity index (χ1v) is 9.78. The number of aldehydes is 1. The Labute approximate surface area is 157 Å². The summed E-state index contributed by atoms with van der Waals surface area (Å²) in [6.07, 6.45) is 2.14. The Bertz CT molecular complexity index is 1030. The molecule has 0 spiro atoms. The average Bonchev–Trinajstić information content (AvgIpc) is 3.02. The lowest BCUT2D eigenvalue weighted by Crippen LogP contribution is -2.19. The van der Waals surface area contributed by atoms with Crippen LogP contribution < -0.4 is 4.18 Å². The van der Waals surface area contributed by atoms with Crippen molar-refractivity contribution in [2.24, 2.45) is 0 Å². The molecule has 27 heavy (non-hydrogen) atoms. The van der Waals surface area contributed by atoms with E-state index in [0.717, 1.165) is 0 Å². The number of pyridine rings is 1. The fraction of sp³-hybridized carbons (Fsp3) is 0.211. The van der Waals surface area contributed by atoms with Gasteiger partial charge in [-0.1, -0.05) is 38.1 Å². The molecule has 3 aromatic rings. The highest BCUT2D eigenvalue weighted by Gasteiger charge is 2.31. The zero-order chi connectivity index (χ0) is 19.4. The molecule has 1 aromatic carbocycles. The molecule has 0 fully saturated rings. The van der Waals surface area contributed by atoms with Crippen molar-refractivity contribution in [1.82, 2.24) is 14.5 Å². The van der Waals surface area contributed by atoms with Crippen molar-refractivity contribution in [2.45, 2.75) is 31.3 Å². The van der Waals surface area contributed by atoms with Crippen LogP contribution in [-0.4, -0.2) is 29.2 Å². The molecule has 0 amide bonds. The monoisotopic (exact) mass is 385 g/mol. The first-order chi connectivity index (χ1) is 12.9. The minimum absolute atomic E-state index is 0.0135. The summed E-state index contributed by atoms with van der Waals surface area (Å²) in [5.41, 5.74) is 0.883. The van der Waals surface area contributed by atoms with Gasteiger partial charge in [0.05, 0.1) is 17.9 Å². The minimum Gasteiger partial charge on any atom is -0.378 e. The van der Waals surface area contributed by atoms with Crippen LogP contribution in [0.2, 0.25) is 0 Å². The van der Waals surface area contributed by atoms with Gasteiger partial charge in [0, 0.05) is 6.20 Å². The quantitative estimate of drug-likeness (QED) is 0.459. The summed E-state index contributed by atoms with van der Waals surface area (Å²) in [7, 11) is -4.22. The Morgan fingerprint density at radius 1 is 1.11 bits per heavy atom. The second kappa shape index (κ2) is 7.71. The van der Waals surface area contributed by atoms with E-state index < -0.39 is 10.1 Å². The van der Waals surface area contributed by atoms with Crippen molar-refractivity contribution in [3.8, 4) is 5.75 Å². The summed E-state index contributed by atoms with van der Waals surface area (Å²) in [6, 6.07) is 13.5. The number of benzene rings is 1. The summed E-state index contributed by atoms with van der Waals surface area (Å²) in [4.78, 5) is 20.0. The molecule has 0 atom stereocenters.